The van der Waals surface area contributed by atoms with Crippen LogP contribution in [0.25, 0.3) is 0 Å². The molecule has 1 N–H and O–H groups in total. The normalized spacial score (nSPS) is 16.9. The Hall–Kier alpha value is -1.02. The summed E-state index contributed by atoms with van der Waals surface area (Å²) in [6, 6.07) is 4.87. The van der Waals surface area contributed by atoms with Gasteiger partial charge in [-0.2, -0.15) is 0 Å². The Morgan fingerprint density at radius 1 is 1.35 bits per heavy atom. The molecule has 1 atom stereocenters. The summed E-state index contributed by atoms with van der Waals surface area (Å²) in [7, 11) is 1.77. The first kappa shape index (κ1) is 12.4. The van der Waals surface area contributed by atoms with Gasteiger partial charge in [0.1, 0.15) is 5.75 Å². The van der Waals surface area contributed by atoms with E-state index in [9.17, 15) is 0 Å². The molecule has 0 spiro atoms. The van der Waals surface area contributed by atoms with E-state index in [-0.39, 0.29) is 0 Å². The molecular formula is C15H23NO. The first-order chi connectivity index (χ1) is 8.17. The Morgan fingerprint density at radius 3 is 2.59 bits per heavy atom. The number of hydrogen-bond acceptors (Lipinski definition) is 2. The van der Waals surface area contributed by atoms with E-state index in [1.807, 2.05) is 0 Å². The standard InChI is InChI=1S/C15H23NO/c1-5-16-15(12-6-7-12)14-11(3)8-10(2)9-13(14)17-4/h8-9,12,15-16H,5-7H2,1-4H3. The van der Waals surface area contributed by atoms with Crippen LogP contribution in [-0.2, 0) is 0 Å². The summed E-state index contributed by atoms with van der Waals surface area (Å²) >= 11 is 0. The molecule has 2 nitrogen and oxygen atoms in total. The predicted octanol–water partition coefficient (Wildman–Crippen LogP) is 3.37. The number of hydrogen-bond donors (Lipinski definition) is 1. The van der Waals surface area contributed by atoms with Gasteiger partial charge >= 0.3 is 0 Å². The van der Waals surface area contributed by atoms with E-state index in [2.05, 4.69) is 38.2 Å². The molecule has 0 bridgehead atoms. The van der Waals surface area contributed by atoms with Crippen molar-refractivity contribution >= 4 is 0 Å². The van der Waals surface area contributed by atoms with Gasteiger partial charge in [0, 0.05) is 11.6 Å². The lowest BCUT2D eigenvalue weighted by Crippen LogP contribution is -2.24. The summed E-state index contributed by atoms with van der Waals surface area (Å²) in [5.74, 6) is 1.84. The minimum absolute atomic E-state index is 0.468. The quantitative estimate of drug-likeness (QED) is 0.842. The lowest BCUT2D eigenvalue weighted by Gasteiger charge is -2.23. The molecule has 0 aliphatic heterocycles. The van der Waals surface area contributed by atoms with Crippen molar-refractivity contribution in [3.63, 3.8) is 0 Å². The molecular weight excluding hydrogens is 210 g/mol. The molecule has 0 radical (unpaired) electrons. The zero-order valence-electron chi connectivity index (χ0n) is 11.3. The van der Waals surface area contributed by atoms with Crippen molar-refractivity contribution < 1.29 is 4.74 Å². The number of nitrogens with one attached hydrogen (secondary N) is 1. The lowest BCUT2D eigenvalue weighted by molar-refractivity contribution is 0.391. The van der Waals surface area contributed by atoms with Crippen LogP contribution in [0.1, 0.15) is 42.5 Å². The third-order valence-corrected chi connectivity index (χ3v) is 3.54. The first-order valence-corrected chi connectivity index (χ1v) is 6.55. The van der Waals surface area contributed by atoms with Crippen LogP contribution in [0, 0.1) is 19.8 Å². The summed E-state index contributed by atoms with van der Waals surface area (Å²) in [6.07, 6.45) is 2.68. The van der Waals surface area contributed by atoms with E-state index in [1.54, 1.807) is 7.11 Å². The van der Waals surface area contributed by atoms with Gasteiger partial charge in [0.2, 0.25) is 0 Å². The van der Waals surface area contributed by atoms with Gasteiger partial charge in [0.25, 0.3) is 0 Å². The van der Waals surface area contributed by atoms with Crippen LogP contribution in [0.5, 0.6) is 5.75 Å². The fourth-order valence-corrected chi connectivity index (χ4v) is 2.66. The van der Waals surface area contributed by atoms with Crippen molar-refractivity contribution in [2.24, 2.45) is 5.92 Å². The molecule has 1 saturated carbocycles. The van der Waals surface area contributed by atoms with Gasteiger partial charge in [0.15, 0.2) is 0 Å². The molecule has 94 valence electrons. The fraction of sp³-hybridized carbons (Fsp3) is 0.600. The minimum atomic E-state index is 0.468. The third kappa shape index (κ3) is 2.63. The molecule has 1 unspecified atom stereocenters. The smallest absolute Gasteiger partial charge is 0.124 e. The molecule has 0 aromatic heterocycles. The first-order valence-electron chi connectivity index (χ1n) is 6.55. The summed E-state index contributed by atoms with van der Waals surface area (Å²) in [6.45, 7) is 7.50. The topological polar surface area (TPSA) is 21.3 Å². The number of rotatable bonds is 5. The van der Waals surface area contributed by atoms with Crippen LogP contribution in [-0.4, -0.2) is 13.7 Å². The molecule has 0 saturated heterocycles. The van der Waals surface area contributed by atoms with Gasteiger partial charge in [-0.3, -0.25) is 0 Å². The highest BCUT2D eigenvalue weighted by molar-refractivity contribution is 5.45. The van der Waals surface area contributed by atoms with E-state index < -0.39 is 0 Å². The molecule has 1 aliphatic carbocycles. The average Bonchev–Trinajstić information content (AvgIpc) is 3.09. The fourth-order valence-electron chi connectivity index (χ4n) is 2.66. The Labute approximate surface area is 104 Å². The highest BCUT2D eigenvalue weighted by Gasteiger charge is 2.34. The molecule has 1 aromatic rings. The van der Waals surface area contributed by atoms with Gasteiger partial charge in [-0.1, -0.05) is 13.0 Å². The Kier molecular flexibility index (Phi) is 3.72. The maximum absolute atomic E-state index is 5.57. The summed E-state index contributed by atoms with van der Waals surface area (Å²) < 4.78 is 5.57. The Bertz CT molecular complexity index is 396. The Balaban J connectivity index is 2.40. The molecule has 1 aromatic carbocycles. The van der Waals surface area contributed by atoms with Crippen LogP contribution in [0.3, 0.4) is 0 Å². The maximum Gasteiger partial charge on any atom is 0.124 e. The summed E-state index contributed by atoms with van der Waals surface area (Å²) in [5.41, 5.74) is 3.98. The molecule has 2 rings (SSSR count). The largest absolute Gasteiger partial charge is 0.496 e. The molecule has 2 heteroatoms. The van der Waals surface area contributed by atoms with Crippen molar-refractivity contribution in [2.45, 2.75) is 39.7 Å². The van der Waals surface area contributed by atoms with Gasteiger partial charge in [0.05, 0.1) is 7.11 Å². The third-order valence-electron chi connectivity index (χ3n) is 3.54. The van der Waals surface area contributed by atoms with E-state index in [1.165, 1.54) is 29.5 Å². The van der Waals surface area contributed by atoms with Crippen LogP contribution in [0.2, 0.25) is 0 Å². The number of ether oxygens (including phenoxy) is 1. The van der Waals surface area contributed by atoms with Gasteiger partial charge < -0.3 is 10.1 Å². The average molecular weight is 233 g/mol. The van der Waals surface area contributed by atoms with E-state index >= 15 is 0 Å². The van der Waals surface area contributed by atoms with E-state index in [4.69, 9.17) is 4.74 Å². The zero-order valence-corrected chi connectivity index (χ0v) is 11.3. The molecule has 1 fully saturated rings. The lowest BCUT2D eigenvalue weighted by atomic mass is 9.94. The summed E-state index contributed by atoms with van der Waals surface area (Å²) in [5, 5.41) is 3.62. The van der Waals surface area contributed by atoms with Crippen molar-refractivity contribution in [1.29, 1.82) is 0 Å². The Morgan fingerprint density at radius 2 is 2.06 bits per heavy atom. The molecule has 0 heterocycles. The predicted molar refractivity (Wildman–Crippen MR) is 71.6 cm³/mol. The second-order valence-electron chi connectivity index (χ2n) is 5.07. The van der Waals surface area contributed by atoms with Gasteiger partial charge in [-0.05, 0) is 56.3 Å². The molecule has 1 aliphatic rings. The minimum Gasteiger partial charge on any atom is -0.496 e. The SMILES string of the molecule is CCNC(c1c(C)cc(C)cc1OC)C1CC1. The second kappa shape index (κ2) is 5.09. The highest BCUT2D eigenvalue weighted by Crippen LogP contribution is 2.44. The van der Waals surface area contributed by atoms with Gasteiger partial charge in [-0.15, -0.1) is 0 Å². The van der Waals surface area contributed by atoms with Crippen molar-refractivity contribution in [1.82, 2.24) is 5.32 Å². The monoisotopic (exact) mass is 233 g/mol. The van der Waals surface area contributed by atoms with Crippen molar-refractivity contribution in [3.8, 4) is 5.75 Å². The number of benzene rings is 1. The van der Waals surface area contributed by atoms with Crippen molar-refractivity contribution in [3.05, 3.63) is 28.8 Å². The second-order valence-corrected chi connectivity index (χ2v) is 5.07. The summed E-state index contributed by atoms with van der Waals surface area (Å²) in [4.78, 5) is 0. The maximum atomic E-state index is 5.57. The van der Waals surface area contributed by atoms with E-state index in [0.717, 1.165) is 18.2 Å². The van der Waals surface area contributed by atoms with Crippen LogP contribution in [0.15, 0.2) is 12.1 Å². The zero-order chi connectivity index (χ0) is 12.4. The van der Waals surface area contributed by atoms with Crippen LogP contribution < -0.4 is 10.1 Å². The molecule has 0 amide bonds. The van der Waals surface area contributed by atoms with E-state index in [0.29, 0.717) is 6.04 Å². The molecule has 17 heavy (non-hydrogen) atoms. The van der Waals surface area contributed by atoms with Crippen LogP contribution >= 0.6 is 0 Å². The van der Waals surface area contributed by atoms with Crippen molar-refractivity contribution in [2.75, 3.05) is 13.7 Å². The highest BCUT2D eigenvalue weighted by atomic mass is 16.5. The van der Waals surface area contributed by atoms with Crippen LogP contribution in [0.4, 0.5) is 0 Å². The number of aryl methyl sites for hydroxylation is 2. The number of methoxy groups -OCH3 is 1. The van der Waals surface area contributed by atoms with Gasteiger partial charge in [-0.25, -0.2) is 0 Å².